The second-order valence-corrected chi connectivity index (χ2v) is 6.94. The predicted octanol–water partition coefficient (Wildman–Crippen LogP) is 4.00. The minimum absolute atomic E-state index is 0.172. The zero-order valence-electron chi connectivity index (χ0n) is 16.9. The highest BCUT2D eigenvalue weighted by Gasteiger charge is 2.12. The van der Waals surface area contributed by atoms with E-state index < -0.39 is 0 Å². The lowest BCUT2D eigenvalue weighted by Crippen LogP contribution is -2.25. The van der Waals surface area contributed by atoms with Crippen molar-refractivity contribution in [2.24, 2.45) is 0 Å². The Kier molecular flexibility index (Phi) is 6.03. The molecule has 6 heteroatoms. The summed E-state index contributed by atoms with van der Waals surface area (Å²) in [5, 5.41) is 2.93. The maximum absolute atomic E-state index is 12.4. The molecule has 0 bridgehead atoms. The van der Waals surface area contributed by atoms with Crippen molar-refractivity contribution in [2.45, 2.75) is 26.4 Å². The van der Waals surface area contributed by atoms with Gasteiger partial charge in [0.25, 0.3) is 5.91 Å². The summed E-state index contributed by atoms with van der Waals surface area (Å²) in [7, 11) is 0. The van der Waals surface area contributed by atoms with E-state index in [2.05, 4.69) is 33.9 Å². The molecule has 1 N–H and O–H groups in total. The molecule has 6 nitrogen and oxygen atoms in total. The fraction of sp³-hybridized carbons (Fsp3) is 0.208. The number of aryl methyl sites for hydroxylation is 1. The Labute approximate surface area is 175 Å². The number of hydrogen-bond donors (Lipinski definition) is 1. The van der Waals surface area contributed by atoms with Gasteiger partial charge >= 0.3 is 0 Å². The summed E-state index contributed by atoms with van der Waals surface area (Å²) in [6, 6.07) is 19.6. The van der Waals surface area contributed by atoms with E-state index in [1.54, 1.807) is 24.5 Å². The highest BCUT2D eigenvalue weighted by Crippen LogP contribution is 2.17. The molecule has 0 atom stereocenters. The zero-order chi connectivity index (χ0) is 20.8. The van der Waals surface area contributed by atoms with Crippen LogP contribution in [-0.2, 0) is 19.5 Å². The molecule has 0 aliphatic carbocycles. The van der Waals surface area contributed by atoms with Crippen LogP contribution in [0.1, 0.15) is 28.7 Å². The van der Waals surface area contributed by atoms with Crippen LogP contribution in [0.25, 0.3) is 11.0 Å². The highest BCUT2D eigenvalue weighted by molar-refractivity contribution is 5.93. The van der Waals surface area contributed by atoms with E-state index >= 15 is 0 Å². The number of fused-ring (bicyclic) bond motifs is 1. The van der Waals surface area contributed by atoms with E-state index in [0.29, 0.717) is 25.3 Å². The molecule has 0 radical (unpaired) electrons. The van der Waals surface area contributed by atoms with E-state index in [0.717, 1.165) is 29.0 Å². The van der Waals surface area contributed by atoms with Crippen LogP contribution in [0.4, 0.5) is 0 Å². The fourth-order valence-electron chi connectivity index (χ4n) is 3.34. The number of rotatable bonds is 8. The van der Waals surface area contributed by atoms with Crippen molar-refractivity contribution in [3.05, 3.63) is 90.0 Å². The van der Waals surface area contributed by atoms with E-state index in [-0.39, 0.29) is 5.91 Å². The first-order valence-electron chi connectivity index (χ1n) is 10.1. The first-order chi connectivity index (χ1) is 14.7. The molecule has 0 unspecified atom stereocenters. The van der Waals surface area contributed by atoms with Crippen molar-refractivity contribution in [1.82, 2.24) is 19.9 Å². The lowest BCUT2D eigenvalue weighted by Gasteiger charge is -2.12. The number of benzene rings is 2. The van der Waals surface area contributed by atoms with Crippen molar-refractivity contribution in [3.8, 4) is 5.75 Å². The number of amides is 1. The first kappa shape index (κ1) is 19.6. The van der Waals surface area contributed by atoms with Crippen molar-refractivity contribution in [2.75, 3.05) is 6.61 Å². The number of ether oxygens (including phenoxy) is 1. The van der Waals surface area contributed by atoms with Crippen LogP contribution in [0, 0.1) is 0 Å². The molecule has 152 valence electrons. The van der Waals surface area contributed by atoms with Gasteiger partial charge in [-0.1, -0.05) is 31.2 Å². The Hall–Kier alpha value is -3.67. The van der Waals surface area contributed by atoms with Gasteiger partial charge in [-0.05, 0) is 48.4 Å². The molecule has 0 aliphatic rings. The van der Waals surface area contributed by atoms with Crippen molar-refractivity contribution >= 4 is 16.9 Å². The van der Waals surface area contributed by atoms with Gasteiger partial charge in [0.1, 0.15) is 18.2 Å². The van der Waals surface area contributed by atoms with Gasteiger partial charge in [-0.15, -0.1) is 0 Å². The summed E-state index contributed by atoms with van der Waals surface area (Å²) in [5.41, 5.74) is 3.73. The monoisotopic (exact) mass is 400 g/mol. The molecule has 4 rings (SSSR count). The second-order valence-electron chi connectivity index (χ2n) is 6.94. The van der Waals surface area contributed by atoms with Crippen LogP contribution in [0.15, 0.2) is 73.1 Å². The number of para-hydroxylation sites is 2. The molecule has 0 saturated heterocycles. The van der Waals surface area contributed by atoms with Crippen LogP contribution in [0.3, 0.4) is 0 Å². The van der Waals surface area contributed by atoms with Crippen molar-refractivity contribution < 1.29 is 9.53 Å². The van der Waals surface area contributed by atoms with Crippen LogP contribution in [0.5, 0.6) is 5.75 Å². The molecule has 0 aliphatic heterocycles. The van der Waals surface area contributed by atoms with Crippen molar-refractivity contribution in [1.29, 1.82) is 0 Å². The Morgan fingerprint density at radius 3 is 2.67 bits per heavy atom. The Bertz CT molecular complexity index is 1120. The van der Waals surface area contributed by atoms with Crippen LogP contribution in [0.2, 0.25) is 0 Å². The molecular weight excluding hydrogens is 376 g/mol. The highest BCUT2D eigenvalue weighted by atomic mass is 16.5. The summed E-state index contributed by atoms with van der Waals surface area (Å²) in [6.07, 6.45) is 4.21. The summed E-state index contributed by atoms with van der Waals surface area (Å²) in [6.45, 7) is 3.60. The molecule has 0 saturated carbocycles. The fourth-order valence-corrected chi connectivity index (χ4v) is 3.34. The minimum Gasteiger partial charge on any atom is -0.492 e. The first-order valence-corrected chi connectivity index (χ1v) is 10.1. The second kappa shape index (κ2) is 9.22. The van der Waals surface area contributed by atoms with E-state index in [4.69, 9.17) is 9.72 Å². The molecule has 30 heavy (non-hydrogen) atoms. The predicted molar refractivity (Wildman–Crippen MR) is 116 cm³/mol. The van der Waals surface area contributed by atoms with Crippen LogP contribution < -0.4 is 10.1 Å². The number of nitrogens with one attached hydrogen (secondary N) is 1. The van der Waals surface area contributed by atoms with Crippen LogP contribution >= 0.6 is 0 Å². The molecule has 1 amide bonds. The number of hydrogen-bond acceptors (Lipinski definition) is 4. The quantitative estimate of drug-likeness (QED) is 0.485. The average molecular weight is 400 g/mol. The molecule has 2 aromatic carbocycles. The SMILES string of the molecule is CCc1ccc(OCCn2c(CNC(=O)c3cccnc3)nc3ccccc32)cc1. The number of carbonyl (C=O) groups excluding carboxylic acids is 1. The van der Waals surface area contributed by atoms with Gasteiger partial charge in [-0.25, -0.2) is 4.98 Å². The number of carbonyl (C=O) groups is 1. The lowest BCUT2D eigenvalue weighted by atomic mass is 10.2. The largest absolute Gasteiger partial charge is 0.492 e. The summed E-state index contributed by atoms with van der Waals surface area (Å²) >= 11 is 0. The summed E-state index contributed by atoms with van der Waals surface area (Å²) < 4.78 is 8.03. The Morgan fingerprint density at radius 2 is 1.90 bits per heavy atom. The lowest BCUT2D eigenvalue weighted by molar-refractivity contribution is 0.0949. The number of aromatic nitrogens is 3. The van der Waals surface area contributed by atoms with Gasteiger partial charge in [-0.3, -0.25) is 9.78 Å². The van der Waals surface area contributed by atoms with Crippen molar-refractivity contribution in [3.63, 3.8) is 0 Å². The maximum Gasteiger partial charge on any atom is 0.253 e. The van der Waals surface area contributed by atoms with Gasteiger partial charge in [0.05, 0.1) is 29.7 Å². The number of nitrogens with zero attached hydrogens (tertiary/aromatic N) is 3. The Balaban J connectivity index is 1.46. The summed E-state index contributed by atoms with van der Waals surface area (Å²) in [5.74, 6) is 1.47. The van der Waals surface area contributed by atoms with Gasteiger partial charge in [0, 0.05) is 12.4 Å². The molecule has 2 aromatic heterocycles. The van der Waals surface area contributed by atoms with E-state index in [9.17, 15) is 4.79 Å². The maximum atomic E-state index is 12.4. The standard InChI is InChI=1S/C24H24N4O2/c1-2-18-9-11-20(12-10-18)30-15-14-28-22-8-4-3-7-21(22)27-23(28)17-26-24(29)19-6-5-13-25-16-19/h3-13,16H,2,14-15,17H2,1H3,(H,26,29). The Morgan fingerprint density at radius 1 is 1.07 bits per heavy atom. The third-order valence-corrected chi connectivity index (χ3v) is 4.98. The topological polar surface area (TPSA) is 69.0 Å². The number of imidazole rings is 1. The summed E-state index contributed by atoms with van der Waals surface area (Å²) in [4.78, 5) is 21.1. The van der Waals surface area contributed by atoms with E-state index in [1.165, 1.54) is 5.56 Å². The van der Waals surface area contributed by atoms with Crippen LogP contribution in [-0.4, -0.2) is 27.0 Å². The molecule has 4 aromatic rings. The third kappa shape index (κ3) is 4.49. The molecule has 0 fully saturated rings. The van der Waals surface area contributed by atoms with E-state index in [1.807, 2.05) is 36.4 Å². The smallest absolute Gasteiger partial charge is 0.253 e. The normalized spacial score (nSPS) is 10.8. The zero-order valence-corrected chi connectivity index (χ0v) is 16.9. The minimum atomic E-state index is -0.172. The molecule has 0 spiro atoms. The van der Waals surface area contributed by atoms with Gasteiger partial charge < -0.3 is 14.6 Å². The third-order valence-electron chi connectivity index (χ3n) is 4.98. The number of pyridine rings is 1. The van der Waals surface area contributed by atoms with Gasteiger partial charge in [-0.2, -0.15) is 0 Å². The average Bonchev–Trinajstić information content (AvgIpc) is 3.16. The van der Waals surface area contributed by atoms with Gasteiger partial charge in [0.15, 0.2) is 0 Å². The molecular formula is C24H24N4O2. The molecule has 2 heterocycles. The van der Waals surface area contributed by atoms with Gasteiger partial charge in [0.2, 0.25) is 0 Å².